The van der Waals surface area contributed by atoms with Crippen molar-refractivity contribution in [3.63, 3.8) is 0 Å². The molecule has 498 valence electrons. The summed E-state index contributed by atoms with van der Waals surface area (Å²) < 4.78 is 15.2. The van der Waals surface area contributed by atoms with Crippen molar-refractivity contribution >= 4 is 88.0 Å². The number of ether oxygens (including phenoxy) is 3. The van der Waals surface area contributed by atoms with Crippen molar-refractivity contribution in [2.45, 2.75) is 128 Å². The standard InChI is InChI=1S/C35H43N5O10.C30H40N4O6.CH5N/c1-3-16-36-29(41)6-4-8-31(43)38-22-10-12-24-25-13-11-23(39-32(44)9-5-7-30(42)37-17-18-48-2)20-27(25)28(26(24)19-22)21-49-35(47)50-40-33(45)14-15-34(40)46;1-3-14-31-27(36)6-4-8-29(38)33-20-10-12-22-23-13-11-21(18-25(23)26(19-35)24(22)17-20)34-30(39)9-5-7-28(37)32-15-16-40-2;1-2/h10-13,19-20,28H,3-9,14-18,21H2,1-2H3,(H,36,41)(H,37,42)(H,38,43)(H,39,44);10-13,17-18,26,35H,3-9,14-16,19H2,1-2H3,(H,31,36)(H,32,37)(H,33,38)(H,34,39);2H2,1H3. The molecule has 4 aromatic rings. The zero-order chi connectivity index (χ0) is 67.0. The summed E-state index contributed by atoms with van der Waals surface area (Å²) in [5.74, 6) is -3.49. The first-order valence-corrected chi connectivity index (χ1v) is 31.1. The SMILES string of the molecule is CCCNC(=O)CCCC(=O)Nc1ccc2c(c1)C(CO)c1cc(NC(=O)CCCC(=O)NCCOC)ccc1-2.CCCNC(=O)CCCC(=O)Nc1ccc2c(c1)C(COC(=O)ON1C(=O)CCC1=O)c1cc(NC(=O)CCCC(=O)NCCOC)ccc1-2.CN. The van der Waals surface area contributed by atoms with Crippen LogP contribution in [0.15, 0.2) is 72.8 Å². The average molecular weight is 1280 g/mol. The number of amides is 10. The maximum absolute atomic E-state index is 12.7. The number of aliphatic hydroxyl groups is 1. The van der Waals surface area contributed by atoms with Crippen LogP contribution in [0, 0.1) is 0 Å². The van der Waals surface area contributed by atoms with Crippen LogP contribution in [-0.4, -0.2) is 149 Å². The van der Waals surface area contributed by atoms with Crippen LogP contribution in [0.2, 0.25) is 0 Å². The zero-order valence-corrected chi connectivity index (χ0v) is 53.1. The maximum atomic E-state index is 12.7. The summed E-state index contributed by atoms with van der Waals surface area (Å²) in [6.45, 7) is 6.48. The van der Waals surface area contributed by atoms with Crippen molar-refractivity contribution in [1.29, 1.82) is 0 Å². The number of hydrogen-bond acceptors (Lipinski definition) is 17. The molecule has 7 rings (SSSR count). The summed E-state index contributed by atoms with van der Waals surface area (Å²) in [5, 5.41) is 33.2. The van der Waals surface area contributed by atoms with Gasteiger partial charge in [-0.3, -0.25) is 52.8 Å². The number of nitrogens with zero attached hydrogens (tertiary/aromatic N) is 1. The number of benzene rings is 4. The third-order valence-corrected chi connectivity index (χ3v) is 14.8. The Morgan fingerprint density at radius 2 is 0.750 bits per heavy atom. The molecule has 2 unspecified atom stereocenters. The quantitative estimate of drug-likeness (QED) is 0.0137. The zero-order valence-electron chi connectivity index (χ0n) is 53.1. The van der Waals surface area contributed by atoms with Crippen LogP contribution in [0.3, 0.4) is 0 Å². The van der Waals surface area contributed by atoms with Crippen molar-refractivity contribution in [3.05, 3.63) is 95.1 Å². The molecule has 2 aliphatic carbocycles. The third-order valence-electron chi connectivity index (χ3n) is 14.8. The van der Waals surface area contributed by atoms with E-state index in [1.54, 1.807) is 38.5 Å². The fraction of sp³-hybridized carbons (Fsp3) is 0.470. The molecule has 0 bridgehead atoms. The van der Waals surface area contributed by atoms with Crippen LogP contribution in [0.4, 0.5) is 27.5 Å². The van der Waals surface area contributed by atoms with Gasteiger partial charge in [0.25, 0.3) is 11.8 Å². The van der Waals surface area contributed by atoms with E-state index in [0.717, 1.165) is 57.3 Å². The second kappa shape index (κ2) is 39.2. The number of anilines is 4. The molecule has 1 saturated heterocycles. The number of rotatable bonds is 34. The number of aliphatic hydroxyl groups excluding tert-OH is 1. The van der Waals surface area contributed by atoms with Gasteiger partial charge in [-0.2, -0.15) is 0 Å². The fourth-order valence-corrected chi connectivity index (χ4v) is 10.3. The predicted octanol–water partition coefficient (Wildman–Crippen LogP) is 6.40. The van der Waals surface area contributed by atoms with Gasteiger partial charge in [0.2, 0.25) is 47.3 Å². The normalized spacial score (nSPS) is 13.7. The van der Waals surface area contributed by atoms with Crippen LogP contribution in [0.5, 0.6) is 0 Å². The lowest BCUT2D eigenvalue weighted by Gasteiger charge is -2.17. The number of carbonyl (C=O) groups is 11. The van der Waals surface area contributed by atoms with E-state index >= 15 is 0 Å². The van der Waals surface area contributed by atoms with E-state index in [-0.39, 0.29) is 124 Å². The summed E-state index contributed by atoms with van der Waals surface area (Å²) >= 11 is 0. The lowest BCUT2D eigenvalue weighted by atomic mass is 9.97. The lowest BCUT2D eigenvalue weighted by Crippen LogP contribution is -2.32. The maximum Gasteiger partial charge on any atom is 0.533 e. The molecule has 3 aliphatic rings. The van der Waals surface area contributed by atoms with Gasteiger partial charge < -0.3 is 67.6 Å². The highest BCUT2D eigenvalue weighted by atomic mass is 16.8. The molecule has 0 aromatic heterocycles. The number of hydroxylamine groups is 2. The Bertz CT molecular complexity index is 3210. The summed E-state index contributed by atoms with van der Waals surface area (Å²) in [6.07, 6.45) is 3.68. The Kier molecular flexibility index (Phi) is 31.4. The number of methoxy groups -OCH3 is 2. The predicted molar refractivity (Wildman–Crippen MR) is 344 cm³/mol. The highest BCUT2D eigenvalue weighted by Crippen LogP contribution is 2.48. The van der Waals surface area contributed by atoms with Gasteiger partial charge in [0.15, 0.2) is 0 Å². The molecule has 4 aromatic carbocycles. The van der Waals surface area contributed by atoms with E-state index in [2.05, 4.69) is 48.3 Å². The molecule has 1 aliphatic heterocycles. The minimum absolute atomic E-state index is 0.0487. The van der Waals surface area contributed by atoms with Gasteiger partial charge >= 0.3 is 6.16 Å². The van der Waals surface area contributed by atoms with Gasteiger partial charge in [0.05, 0.1) is 19.8 Å². The Morgan fingerprint density at radius 1 is 0.457 bits per heavy atom. The number of imide groups is 1. The van der Waals surface area contributed by atoms with Crippen LogP contribution >= 0.6 is 0 Å². The molecular weight excluding hydrogens is 1190 g/mol. The second-order valence-corrected chi connectivity index (χ2v) is 21.7. The van der Waals surface area contributed by atoms with Gasteiger partial charge in [-0.15, -0.1) is 0 Å². The molecule has 1 heterocycles. The van der Waals surface area contributed by atoms with Crippen LogP contribution in [0.25, 0.3) is 22.3 Å². The third kappa shape index (κ3) is 23.3. The topological polar surface area (TPSA) is 370 Å². The number of nitrogens with one attached hydrogen (secondary N) is 8. The number of hydrogen-bond donors (Lipinski definition) is 10. The van der Waals surface area contributed by atoms with Crippen molar-refractivity contribution < 1.29 is 76.9 Å². The van der Waals surface area contributed by atoms with E-state index in [1.165, 1.54) is 7.05 Å². The van der Waals surface area contributed by atoms with Gasteiger partial charge in [0.1, 0.15) is 6.61 Å². The van der Waals surface area contributed by atoms with Crippen LogP contribution in [0.1, 0.15) is 151 Å². The highest BCUT2D eigenvalue weighted by molar-refractivity contribution is 6.01. The van der Waals surface area contributed by atoms with Crippen molar-refractivity contribution in [1.82, 2.24) is 26.3 Å². The van der Waals surface area contributed by atoms with Crippen molar-refractivity contribution in [3.8, 4) is 22.3 Å². The number of nitrogens with two attached hydrogens (primary N) is 1. The molecule has 2 atom stereocenters. The van der Waals surface area contributed by atoms with Gasteiger partial charge in [0, 0.05) is 139 Å². The molecule has 0 saturated carbocycles. The monoisotopic (exact) mass is 1280 g/mol. The van der Waals surface area contributed by atoms with Crippen LogP contribution < -0.4 is 48.3 Å². The summed E-state index contributed by atoms with van der Waals surface area (Å²) in [7, 11) is 4.61. The Labute approximate surface area is 535 Å². The van der Waals surface area contributed by atoms with Gasteiger partial charge in [-0.25, -0.2) is 4.79 Å². The summed E-state index contributed by atoms with van der Waals surface area (Å²) in [4.78, 5) is 139. The minimum Gasteiger partial charge on any atom is -0.432 e. The number of fused-ring (bicyclic) bond motifs is 6. The highest BCUT2D eigenvalue weighted by Gasteiger charge is 2.36. The largest absolute Gasteiger partial charge is 0.533 e. The van der Waals surface area contributed by atoms with Gasteiger partial charge in [-0.05, 0) is 139 Å². The molecule has 26 nitrogen and oxygen atoms in total. The Balaban J connectivity index is 0.000000333. The van der Waals surface area contributed by atoms with Crippen LogP contribution in [-0.2, 0) is 67.0 Å². The van der Waals surface area contributed by atoms with E-state index in [9.17, 15) is 57.8 Å². The Morgan fingerprint density at radius 3 is 1.04 bits per heavy atom. The molecule has 10 amide bonds. The number of carbonyl (C=O) groups excluding carboxylic acids is 11. The Hall–Kier alpha value is -9.11. The average Bonchev–Trinajstić information content (AvgIpc) is 1.66. The summed E-state index contributed by atoms with van der Waals surface area (Å²) in [5.41, 5.74) is 13.5. The molecule has 26 heteroatoms. The molecular formula is C66H88N10O16. The minimum atomic E-state index is -1.23. The lowest BCUT2D eigenvalue weighted by molar-refractivity contribution is -0.177. The second-order valence-electron chi connectivity index (χ2n) is 21.7. The molecule has 92 heavy (non-hydrogen) atoms. The van der Waals surface area contributed by atoms with E-state index in [0.29, 0.717) is 99.3 Å². The van der Waals surface area contributed by atoms with E-state index in [1.807, 2.05) is 62.4 Å². The fourth-order valence-electron chi connectivity index (χ4n) is 10.3. The summed E-state index contributed by atoms with van der Waals surface area (Å²) in [6, 6.07) is 21.9. The smallest absolute Gasteiger partial charge is 0.432 e. The van der Waals surface area contributed by atoms with Gasteiger partial charge in [-0.1, -0.05) is 43.2 Å². The molecule has 1 fully saturated rings. The van der Waals surface area contributed by atoms with E-state index < -0.39 is 23.9 Å². The molecule has 0 radical (unpaired) electrons. The van der Waals surface area contributed by atoms with Crippen molar-refractivity contribution in [2.24, 2.45) is 5.73 Å². The van der Waals surface area contributed by atoms with Crippen molar-refractivity contribution in [2.75, 3.05) is 95.1 Å². The van der Waals surface area contributed by atoms with E-state index in [4.69, 9.17) is 19.0 Å². The first kappa shape index (κ1) is 73.6. The first-order chi connectivity index (χ1) is 44.4. The molecule has 0 spiro atoms. The first-order valence-electron chi connectivity index (χ1n) is 31.1. The molecule has 11 N–H and O–H groups in total.